The van der Waals surface area contributed by atoms with Crippen molar-refractivity contribution in [1.29, 1.82) is 0 Å². The van der Waals surface area contributed by atoms with Gasteiger partial charge in [-0.2, -0.15) is 0 Å². The zero-order chi connectivity index (χ0) is 17.1. The van der Waals surface area contributed by atoms with Crippen LogP contribution in [0.2, 0.25) is 0 Å². The summed E-state index contributed by atoms with van der Waals surface area (Å²) in [7, 11) is 0. The topological polar surface area (TPSA) is 12.9 Å². The van der Waals surface area contributed by atoms with Crippen LogP contribution in [0.5, 0.6) is 0 Å². The van der Waals surface area contributed by atoms with E-state index in [0.29, 0.717) is 16.7 Å². The lowest BCUT2D eigenvalue weighted by Crippen LogP contribution is -2.50. The fourth-order valence-corrected chi connectivity index (χ4v) is 7.10. The first kappa shape index (κ1) is 15.9. The normalized spacial score (nSPS) is 45.3. The number of nitrogens with zero attached hydrogens (tertiary/aromatic N) is 1. The Morgan fingerprint density at radius 2 is 2.04 bits per heavy atom. The highest BCUT2D eigenvalue weighted by atomic mass is 14.6. The van der Waals surface area contributed by atoms with Gasteiger partial charge in [0.25, 0.3) is 0 Å². The van der Waals surface area contributed by atoms with E-state index in [1.807, 2.05) is 6.20 Å². The van der Waals surface area contributed by atoms with Crippen molar-refractivity contribution in [2.45, 2.75) is 64.7 Å². The van der Waals surface area contributed by atoms with E-state index >= 15 is 0 Å². The van der Waals surface area contributed by atoms with Crippen molar-refractivity contribution in [2.75, 3.05) is 0 Å². The largest absolute Gasteiger partial charge is 0.264 e. The SMILES string of the molecule is C[C@@]12C=CC[C@H]1[C@@H]1C(c3cccnc3)C=C3CCCC[C@]3(C)[C@H]1CC2. The lowest BCUT2D eigenvalue weighted by Gasteiger charge is -2.59. The average molecular weight is 334 g/mol. The molecule has 0 radical (unpaired) electrons. The van der Waals surface area contributed by atoms with Gasteiger partial charge in [0.2, 0.25) is 0 Å². The molecule has 5 rings (SSSR count). The molecule has 0 spiro atoms. The van der Waals surface area contributed by atoms with Crippen molar-refractivity contribution in [3.8, 4) is 0 Å². The van der Waals surface area contributed by atoms with Gasteiger partial charge in [0.1, 0.15) is 0 Å². The second-order valence-electron chi connectivity index (χ2n) is 9.60. The first-order chi connectivity index (χ1) is 12.1. The second-order valence-corrected chi connectivity index (χ2v) is 9.60. The molecule has 1 heterocycles. The Morgan fingerprint density at radius 3 is 2.88 bits per heavy atom. The summed E-state index contributed by atoms with van der Waals surface area (Å²) in [5.74, 6) is 3.03. The molecule has 0 aliphatic heterocycles. The molecule has 2 fully saturated rings. The van der Waals surface area contributed by atoms with Crippen LogP contribution in [0, 0.1) is 28.6 Å². The number of aromatic nitrogens is 1. The third kappa shape index (κ3) is 2.24. The van der Waals surface area contributed by atoms with Gasteiger partial charge in [-0.1, -0.05) is 50.1 Å². The molecule has 6 atom stereocenters. The van der Waals surface area contributed by atoms with Crippen molar-refractivity contribution in [1.82, 2.24) is 4.98 Å². The average Bonchev–Trinajstić information content (AvgIpc) is 3.03. The Morgan fingerprint density at radius 1 is 1.12 bits per heavy atom. The van der Waals surface area contributed by atoms with Crippen molar-refractivity contribution in [3.05, 3.63) is 53.9 Å². The van der Waals surface area contributed by atoms with Crippen LogP contribution >= 0.6 is 0 Å². The van der Waals surface area contributed by atoms with E-state index in [4.69, 9.17) is 0 Å². The summed E-state index contributed by atoms with van der Waals surface area (Å²) in [5, 5.41) is 0. The predicted molar refractivity (Wildman–Crippen MR) is 103 cm³/mol. The zero-order valence-electron chi connectivity index (χ0n) is 15.7. The van der Waals surface area contributed by atoms with Gasteiger partial charge < -0.3 is 0 Å². The van der Waals surface area contributed by atoms with Gasteiger partial charge in [-0.3, -0.25) is 4.98 Å². The highest BCUT2D eigenvalue weighted by Crippen LogP contribution is 2.66. The minimum atomic E-state index is 0.429. The molecule has 0 bridgehead atoms. The Kier molecular flexibility index (Phi) is 3.53. The maximum atomic E-state index is 4.48. The van der Waals surface area contributed by atoms with E-state index in [9.17, 15) is 0 Å². The van der Waals surface area contributed by atoms with Crippen LogP contribution in [0.1, 0.15) is 70.3 Å². The van der Waals surface area contributed by atoms with E-state index in [0.717, 1.165) is 17.8 Å². The molecule has 4 aliphatic carbocycles. The molecule has 1 unspecified atom stereocenters. The summed E-state index contributed by atoms with van der Waals surface area (Å²) >= 11 is 0. The highest BCUT2D eigenvalue weighted by Gasteiger charge is 2.56. The lowest BCUT2D eigenvalue weighted by atomic mass is 9.45. The number of pyridine rings is 1. The molecule has 0 saturated heterocycles. The van der Waals surface area contributed by atoms with E-state index in [2.05, 4.69) is 55.4 Å². The minimum absolute atomic E-state index is 0.429. The zero-order valence-corrected chi connectivity index (χ0v) is 15.7. The summed E-state index contributed by atoms with van der Waals surface area (Å²) in [6, 6.07) is 4.46. The minimum Gasteiger partial charge on any atom is -0.264 e. The number of rotatable bonds is 1. The molecule has 1 aromatic rings. The summed E-state index contributed by atoms with van der Waals surface area (Å²) in [6.45, 7) is 5.14. The van der Waals surface area contributed by atoms with Crippen LogP contribution in [0.3, 0.4) is 0 Å². The predicted octanol–water partition coefficient (Wildman–Crippen LogP) is 6.29. The van der Waals surface area contributed by atoms with Gasteiger partial charge in [0.15, 0.2) is 0 Å². The first-order valence-electron chi connectivity index (χ1n) is 10.4. The molecule has 1 aromatic heterocycles. The molecule has 25 heavy (non-hydrogen) atoms. The maximum absolute atomic E-state index is 4.48. The van der Waals surface area contributed by atoms with Crippen molar-refractivity contribution >= 4 is 0 Å². The monoisotopic (exact) mass is 333 g/mol. The molecule has 1 nitrogen and oxygen atoms in total. The third-order valence-electron chi connectivity index (χ3n) is 8.47. The summed E-state index contributed by atoms with van der Waals surface area (Å²) in [6.07, 6.45) is 21.4. The molecule has 1 heteroatoms. The molecular formula is C24H31N. The Hall–Kier alpha value is -1.37. The van der Waals surface area contributed by atoms with Crippen LogP contribution in [0.15, 0.2) is 48.3 Å². The summed E-state index contributed by atoms with van der Waals surface area (Å²) in [4.78, 5) is 4.48. The van der Waals surface area contributed by atoms with Crippen LogP contribution in [0.25, 0.3) is 0 Å². The van der Waals surface area contributed by atoms with Gasteiger partial charge in [-0.05, 0) is 78.7 Å². The van der Waals surface area contributed by atoms with Gasteiger partial charge in [0.05, 0.1) is 0 Å². The fourth-order valence-electron chi connectivity index (χ4n) is 7.10. The van der Waals surface area contributed by atoms with E-state index in [1.165, 1.54) is 50.5 Å². The van der Waals surface area contributed by atoms with Gasteiger partial charge >= 0.3 is 0 Å². The number of hydrogen-bond donors (Lipinski definition) is 0. The van der Waals surface area contributed by atoms with E-state index < -0.39 is 0 Å². The maximum Gasteiger partial charge on any atom is 0.0305 e. The lowest BCUT2D eigenvalue weighted by molar-refractivity contribution is -0.0227. The number of fused-ring (bicyclic) bond motifs is 5. The number of hydrogen-bond acceptors (Lipinski definition) is 1. The molecule has 4 aliphatic rings. The number of allylic oxidation sites excluding steroid dienone is 4. The molecule has 0 N–H and O–H groups in total. The van der Waals surface area contributed by atoms with Gasteiger partial charge in [-0.25, -0.2) is 0 Å². The molecular weight excluding hydrogens is 302 g/mol. The van der Waals surface area contributed by atoms with Crippen LogP contribution < -0.4 is 0 Å². The van der Waals surface area contributed by atoms with Crippen LogP contribution in [-0.4, -0.2) is 4.98 Å². The summed E-state index contributed by atoms with van der Waals surface area (Å²) < 4.78 is 0. The third-order valence-corrected chi connectivity index (χ3v) is 8.47. The molecule has 132 valence electrons. The Balaban J connectivity index is 1.65. The van der Waals surface area contributed by atoms with Crippen molar-refractivity contribution in [2.24, 2.45) is 28.6 Å². The summed E-state index contributed by atoms with van der Waals surface area (Å²) in [5.41, 5.74) is 4.13. The quantitative estimate of drug-likeness (QED) is 0.550. The van der Waals surface area contributed by atoms with E-state index in [-0.39, 0.29) is 0 Å². The standard InChI is InChI=1S/C24H31N/c1-23-11-5-9-20(23)22-19(17-7-6-14-25-16-17)15-18-8-3-4-12-24(18,2)21(22)10-13-23/h5-7,11,14-16,19-22H,3-4,8-10,12-13H2,1-2H3/t19?,20-,21-,22-,23-,24-/m0/s1. The van der Waals surface area contributed by atoms with Crippen LogP contribution in [-0.2, 0) is 0 Å². The fraction of sp³-hybridized carbons (Fsp3) is 0.625. The van der Waals surface area contributed by atoms with Crippen molar-refractivity contribution < 1.29 is 0 Å². The highest BCUT2D eigenvalue weighted by molar-refractivity contribution is 5.35. The second kappa shape index (κ2) is 5.56. The molecule has 0 aromatic carbocycles. The molecule has 0 amide bonds. The Bertz CT molecular complexity index is 717. The van der Waals surface area contributed by atoms with E-state index in [1.54, 1.807) is 5.57 Å². The Labute approximate surface area is 152 Å². The van der Waals surface area contributed by atoms with Crippen LogP contribution in [0.4, 0.5) is 0 Å². The smallest absolute Gasteiger partial charge is 0.0305 e. The molecule has 2 saturated carbocycles. The van der Waals surface area contributed by atoms with Crippen molar-refractivity contribution in [3.63, 3.8) is 0 Å². The van der Waals surface area contributed by atoms with Gasteiger partial charge in [0, 0.05) is 18.3 Å². The first-order valence-corrected chi connectivity index (χ1v) is 10.4. The van der Waals surface area contributed by atoms with Gasteiger partial charge in [-0.15, -0.1) is 0 Å².